The van der Waals surface area contributed by atoms with Crippen LogP contribution in [0.1, 0.15) is 12.7 Å². The van der Waals surface area contributed by atoms with Gasteiger partial charge in [-0.3, -0.25) is 0 Å². The summed E-state index contributed by atoms with van der Waals surface area (Å²) in [6.45, 7) is 2.76. The van der Waals surface area contributed by atoms with Crippen LogP contribution in [0.25, 0.3) is 0 Å². The van der Waals surface area contributed by atoms with Crippen molar-refractivity contribution in [2.45, 2.75) is 19.5 Å². The molecule has 0 saturated heterocycles. The van der Waals surface area contributed by atoms with Gasteiger partial charge in [0.15, 0.2) is 11.6 Å². The number of aromatic nitrogens is 2. The van der Waals surface area contributed by atoms with Crippen LogP contribution in [0.3, 0.4) is 0 Å². The second-order valence-corrected chi connectivity index (χ2v) is 4.20. The predicted octanol–water partition coefficient (Wildman–Crippen LogP) is 2.25. The number of aromatic amines is 1. The number of rotatable bonds is 6. The van der Waals surface area contributed by atoms with Crippen LogP contribution in [0.15, 0.2) is 30.6 Å². The van der Waals surface area contributed by atoms with Gasteiger partial charge < -0.3 is 15.0 Å². The zero-order chi connectivity index (χ0) is 13.7. The summed E-state index contributed by atoms with van der Waals surface area (Å²) in [5, 5.41) is 3.17. The normalized spacial score (nSPS) is 12.4. The van der Waals surface area contributed by atoms with Crippen LogP contribution < -0.4 is 10.1 Å². The van der Waals surface area contributed by atoms with Crippen LogP contribution in [0, 0.1) is 11.6 Å². The van der Waals surface area contributed by atoms with E-state index in [0.29, 0.717) is 6.54 Å². The second-order valence-electron chi connectivity index (χ2n) is 4.20. The predicted molar refractivity (Wildman–Crippen MR) is 66.7 cm³/mol. The molecule has 2 N–H and O–H groups in total. The number of H-pyrrole nitrogens is 1. The first-order valence-corrected chi connectivity index (χ1v) is 5.94. The van der Waals surface area contributed by atoms with E-state index >= 15 is 0 Å². The fourth-order valence-corrected chi connectivity index (χ4v) is 1.53. The van der Waals surface area contributed by atoms with Gasteiger partial charge >= 0.3 is 0 Å². The van der Waals surface area contributed by atoms with E-state index in [1.54, 1.807) is 12.4 Å². The monoisotopic (exact) mass is 267 g/mol. The van der Waals surface area contributed by atoms with Crippen LogP contribution in [-0.2, 0) is 6.54 Å². The van der Waals surface area contributed by atoms with Gasteiger partial charge in [-0.05, 0) is 19.1 Å². The molecule has 0 aliphatic carbocycles. The molecule has 0 fully saturated rings. The smallest absolute Gasteiger partial charge is 0.167 e. The Balaban J connectivity index is 1.78. The van der Waals surface area contributed by atoms with Gasteiger partial charge in [-0.1, -0.05) is 0 Å². The summed E-state index contributed by atoms with van der Waals surface area (Å²) in [5.41, 5.74) is 0. The van der Waals surface area contributed by atoms with E-state index in [0.717, 1.165) is 11.9 Å². The highest BCUT2D eigenvalue weighted by Gasteiger charge is 2.08. The molecule has 0 aliphatic rings. The average molecular weight is 267 g/mol. The maximum absolute atomic E-state index is 13.3. The highest BCUT2D eigenvalue weighted by Crippen LogP contribution is 2.17. The largest absolute Gasteiger partial charge is 0.489 e. The molecule has 1 heterocycles. The van der Waals surface area contributed by atoms with E-state index in [1.165, 1.54) is 12.1 Å². The zero-order valence-corrected chi connectivity index (χ0v) is 10.5. The molecule has 6 heteroatoms. The van der Waals surface area contributed by atoms with E-state index in [9.17, 15) is 8.78 Å². The van der Waals surface area contributed by atoms with Crippen molar-refractivity contribution in [3.8, 4) is 5.75 Å². The van der Waals surface area contributed by atoms with E-state index in [4.69, 9.17) is 4.74 Å². The molecule has 102 valence electrons. The minimum atomic E-state index is -0.696. The van der Waals surface area contributed by atoms with Crippen LogP contribution >= 0.6 is 0 Å². The lowest BCUT2D eigenvalue weighted by Gasteiger charge is -2.14. The number of benzene rings is 1. The molecule has 0 aliphatic heterocycles. The van der Waals surface area contributed by atoms with Gasteiger partial charge in [-0.15, -0.1) is 0 Å². The van der Waals surface area contributed by atoms with Gasteiger partial charge in [0.2, 0.25) is 0 Å². The molecular formula is C13H15F2N3O. The van der Waals surface area contributed by atoms with E-state index < -0.39 is 11.6 Å². The number of nitrogens with one attached hydrogen (secondary N) is 2. The maximum atomic E-state index is 13.3. The average Bonchev–Trinajstić information content (AvgIpc) is 2.88. The molecule has 1 aromatic carbocycles. The number of hydrogen-bond acceptors (Lipinski definition) is 3. The number of imidazole rings is 1. The van der Waals surface area contributed by atoms with Gasteiger partial charge in [-0.2, -0.15) is 0 Å². The van der Waals surface area contributed by atoms with Crippen molar-refractivity contribution < 1.29 is 13.5 Å². The third-order valence-corrected chi connectivity index (χ3v) is 2.56. The van der Waals surface area contributed by atoms with Gasteiger partial charge in [0.1, 0.15) is 18.2 Å². The summed E-state index contributed by atoms with van der Waals surface area (Å²) in [5.74, 6) is -0.445. The topological polar surface area (TPSA) is 49.9 Å². The van der Waals surface area contributed by atoms with Gasteiger partial charge in [0, 0.05) is 24.5 Å². The van der Waals surface area contributed by atoms with Crippen molar-refractivity contribution >= 4 is 0 Å². The Kier molecular flexibility index (Phi) is 4.46. The highest BCUT2D eigenvalue weighted by atomic mass is 19.1. The Labute approximate surface area is 109 Å². The lowest BCUT2D eigenvalue weighted by atomic mass is 10.3. The SMILES string of the molecule is CC(COc1ccc(F)cc1F)NCc1ncc[nH]1. The van der Waals surface area contributed by atoms with Crippen molar-refractivity contribution in [1.29, 1.82) is 0 Å². The third kappa shape index (κ3) is 4.03. The molecule has 0 bridgehead atoms. The first kappa shape index (κ1) is 13.5. The minimum Gasteiger partial charge on any atom is -0.489 e. The summed E-state index contributed by atoms with van der Waals surface area (Å²) in [4.78, 5) is 7.04. The summed E-state index contributed by atoms with van der Waals surface area (Å²) in [7, 11) is 0. The second kappa shape index (κ2) is 6.29. The fraction of sp³-hybridized carbons (Fsp3) is 0.308. The summed E-state index contributed by atoms with van der Waals surface area (Å²) < 4.78 is 31.3. The summed E-state index contributed by atoms with van der Waals surface area (Å²) in [6.07, 6.45) is 3.41. The van der Waals surface area contributed by atoms with Crippen LogP contribution in [-0.4, -0.2) is 22.6 Å². The molecule has 1 atom stereocenters. The van der Waals surface area contributed by atoms with Gasteiger partial charge in [-0.25, -0.2) is 13.8 Å². The van der Waals surface area contributed by atoms with E-state index in [1.807, 2.05) is 6.92 Å². The van der Waals surface area contributed by atoms with Crippen molar-refractivity contribution in [2.24, 2.45) is 0 Å². The molecule has 1 aromatic heterocycles. The van der Waals surface area contributed by atoms with Crippen LogP contribution in [0.5, 0.6) is 5.75 Å². The standard InChI is InChI=1S/C13H15F2N3O/c1-9(18-7-13-16-4-5-17-13)8-19-12-3-2-10(14)6-11(12)15/h2-6,9,18H,7-8H2,1H3,(H,16,17). The number of ether oxygens (including phenoxy) is 1. The molecule has 0 spiro atoms. The molecule has 0 saturated carbocycles. The number of nitrogens with zero attached hydrogens (tertiary/aromatic N) is 1. The van der Waals surface area contributed by atoms with E-state index in [-0.39, 0.29) is 18.4 Å². The van der Waals surface area contributed by atoms with Crippen LogP contribution in [0.4, 0.5) is 8.78 Å². The number of hydrogen-bond donors (Lipinski definition) is 2. The number of halogens is 2. The van der Waals surface area contributed by atoms with Crippen molar-refractivity contribution in [3.05, 3.63) is 48.1 Å². The molecule has 2 rings (SSSR count). The zero-order valence-electron chi connectivity index (χ0n) is 10.5. The van der Waals surface area contributed by atoms with Gasteiger partial charge in [0.05, 0.1) is 6.54 Å². The molecule has 2 aromatic rings. The Morgan fingerprint density at radius 3 is 2.95 bits per heavy atom. The first-order chi connectivity index (χ1) is 9.15. The molecule has 19 heavy (non-hydrogen) atoms. The first-order valence-electron chi connectivity index (χ1n) is 5.94. The molecule has 0 amide bonds. The Bertz CT molecular complexity index is 517. The molecule has 0 radical (unpaired) electrons. The van der Waals surface area contributed by atoms with Crippen molar-refractivity contribution in [3.63, 3.8) is 0 Å². The lowest BCUT2D eigenvalue weighted by Crippen LogP contribution is -2.31. The van der Waals surface area contributed by atoms with Crippen LogP contribution in [0.2, 0.25) is 0 Å². The highest BCUT2D eigenvalue weighted by molar-refractivity contribution is 5.24. The minimum absolute atomic E-state index is 0.00885. The Morgan fingerprint density at radius 2 is 2.26 bits per heavy atom. The Hall–Kier alpha value is -1.95. The van der Waals surface area contributed by atoms with Crippen molar-refractivity contribution in [1.82, 2.24) is 15.3 Å². The summed E-state index contributed by atoms with van der Waals surface area (Å²) in [6, 6.07) is 3.26. The van der Waals surface area contributed by atoms with Crippen molar-refractivity contribution in [2.75, 3.05) is 6.61 Å². The third-order valence-electron chi connectivity index (χ3n) is 2.56. The van der Waals surface area contributed by atoms with E-state index in [2.05, 4.69) is 15.3 Å². The molecule has 4 nitrogen and oxygen atoms in total. The summed E-state index contributed by atoms with van der Waals surface area (Å²) >= 11 is 0. The van der Waals surface area contributed by atoms with Gasteiger partial charge in [0.25, 0.3) is 0 Å². The quantitative estimate of drug-likeness (QED) is 0.844. The lowest BCUT2D eigenvalue weighted by molar-refractivity contribution is 0.260. The Morgan fingerprint density at radius 1 is 1.42 bits per heavy atom. The molecular weight excluding hydrogens is 252 g/mol. The fourth-order valence-electron chi connectivity index (χ4n) is 1.53. The molecule has 1 unspecified atom stereocenters. The maximum Gasteiger partial charge on any atom is 0.167 e.